The van der Waals surface area contributed by atoms with Gasteiger partial charge in [-0.1, -0.05) is 13.0 Å². The van der Waals surface area contributed by atoms with Crippen LogP contribution in [0.2, 0.25) is 0 Å². The van der Waals surface area contributed by atoms with Crippen LogP contribution in [-0.4, -0.2) is 16.3 Å². The summed E-state index contributed by atoms with van der Waals surface area (Å²) in [5, 5.41) is 7.89. The van der Waals surface area contributed by atoms with Gasteiger partial charge in [-0.15, -0.1) is 0 Å². The Morgan fingerprint density at radius 2 is 2.05 bits per heavy atom. The van der Waals surface area contributed by atoms with Gasteiger partial charge in [-0.25, -0.2) is 4.39 Å². The Hall–Kier alpha value is -1.68. The zero-order chi connectivity index (χ0) is 14.5. The van der Waals surface area contributed by atoms with Crippen molar-refractivity contribution in [3.8, 4) is 0 Å². The smallest absolute Gasteiger partial charge is 0.123 e. The first-order valence-electron chi connectivity index (χ1n) is 7.09. The van der Waals surface area contributed by atoms with Crippen molar-refractivity contribution in [3.63, 3.8) is 0 Å². The number of halogens is 1. The molecular formula is C16H22FN3. The summed E-state index contributed by atoms with van der Waals surface area (Å²) in [4.78, 5) is 0. The molecule has 1 aromatic carbocycles. The summed E-state index contributed by atoms with van der Waals surface area (Å²) in [6.07, 6.45) is 3.16. The maximum atomic E-state index is 13.3. The Bertz CT molecular complexity index is 575. The van der Waals surface area contributed by atoms with Crippen LogP contribution in [0.1, 0.15) is 35.7 Å². The predicted octanol–water partition coefficient (Wildman–Crippen LogP) is 3.19. The minimum absolute atomic E-state index is 0.195. The highest BCUT2D eigenvalue weighted by atomic mass is 19.1. The normalized spacial score (nSPS) is 11.0. The summed E-state index contributed by atoms with van der Waals surface area (Å²) in [6, 6.07) is 4.89. The van der Waals surface area contributed by atoms with Gasteiger partial charge >= 0.3 is 0 Å². The first kappa shape index (κ1) is 14.7. The van der Waals surface area contributed by atoms with E-state index in [1.165, 1.54) is 11.6 Å². The van der Waals surface area contributed by atoms with E-state index in [1.54, 1.807) is 6.07 Å². The third-order valence-electron chi connectivity index (χ3n) is 3.43. The monoisotopic (exact) mass is 275 g/mol. The molecule has 1 aromatic heterocycles. The molecule has 0 aliphatic carbocycles. The van der Waals surface area contributed by atoms with E-state index in [9.17, 15) is 4.39 Å². The summed E-state index contributed by atoms with van der Waals surface area (Å²) >= 11 is 0. The molecule has 2 aromatic rings. The summed E-state index contributed by atoms with van der Waals surface area (Å²) in [5.41, 5.74) is 4.29. The highest BCUT2D eigenvalue weighted by Gasteiger charge is 2.07. The van der Waals surface area contributed by atoms with Crippen molar-refractivity contribution in [3.05, 3.63) is 52.6 Å². The second-order valence-corrected chi connectivity index (χ2v) is 5.18. The fraction of sp³-hybridized carbons (Fsp3) is 0.438. The van der Waals surface area contributed by atoms with Gasteiger partial charge in [0.1, 0.15) is 5.82 Å². The van der Waals surface area contributed by atoms with Crippen molar-refractivity contribution < 1.29 is 4.39 Å². The molecule has 4 heteroatoms. The molecule has 108 valence electrons. The molecule has 0 saturated heterocycles. The minimum atomic E-state index is -0.195. The Balaban J connectivity index is 2.10. The van der Waals surface area contributed by atoms with Crippen LogP contribution in [0.3, 0.4) is 0 Å². The molecule has 0 atom stereocenters. The van der Waals surface area contributed by atoms with E-state index in [-0.39, 0.29) is 5.82 Å². The van der Waals surface area contributed by atoms with Gasteiger partial charge in [0.25, 0.3) is 0 Å². The molecular weight excluding hydrogens is 253 g/mol. The van der Waals surface area contributed by atoms with Gasteiger partial charge in [0.2, 0.25) is 0 Å². The molecule has 3 nitrogen and oxygen atoms in total. The molecule has 0 amide bonds. The fourth-order valence-corrected chi connectivity index (χ4v) is 2.20. The number of aryl methyl sites for hydroxylation is 2. The predicted molar refractivity (Wildman–Crippen MR) is 79.2 cm³/mol. The van der Waals surface area contributed by atoms with Crippen LogP contribution in [0.25, 0.3) is 0 Å². The molecule has 1 heterocycles. The van der Waals surface area contributed by atoms with Crippen molar-refractivity contribution in [2.45, 2.75) is 40.3 Å². The number of aromatic nitrogens is 2. The van der Waals surface area contributed by atoms with E-state index in [2.05, 4.69) is 17.3 Å². The lowest BCUT2D eigenvalue weighted by Crippen LogP contribution is -2.13. The molecule has 0 spiro atoms. The lowest BCUT2D eigenvalue weighted by Gasteiger charge is -2.06. The van der Waals surface area contributed by atoms with E-state index in [1.807, 2.05) is 30.8 Å². The number of nitrogens with one attached hydrogen (secondary N) is 1. The van der Waals surface area contributed by atoms with Crippen LogP contribution in [0, 0.1) is 19.7 Å². The summed E-state index contributed by atoms with van der Waals surface area (Å²) < 4.78 is 15.2. The molecule has 20 heavy (non-hydrogen) atoms. The summed E-state index contributed by atoms with van der Waals surface area (Å²) in [5.74, 6) is -0.195. The highest BCUT2D eigenvalue weighted by Crippen LogP contribution is 2.13. The van der Waals surface area contributed by atoms with Crippen LogP contribution in [0.15, 0.2) is 24.4 Å². The maximum Gasteiger partial charge on any atom is 0.123 e. The molecule has 0 radical (unpaired) electrons. The van der Waals surface area contributed by atoms with Gasteiger partial charge in [-0.3, -0.25) is 4.68 Å². The first-order chi connectivity index (χ1) is 9.60. The second-order valence-electron chi connectivity index (χ2n) is 5.18. The molecule has 0 aliphatic heterocycles. The van der Waals surface area contributed by atoms with Gasteiger partial charge in [-0.2, -0.15) is 5.10 Å². The van der Waals surface area contributed by atoms with E-state index < -0.39 is 0 Å². The van der Waals surface area contributed by atoms with Gasteiger partial charge < -0.3 is 5.32 Å². The number of benzene rings is 1. The van der Waals surface area contributed by atoms with Crippen LogP contribution in [-0.2, 0) is 13.1 Å². The quantitative estimate of drug-likeness (QED) is 0.821. The van der Waals surface area contributed by atoms with Crippen molar-refractivity contribution in [1.82, 2.24) is 15.1 Å². The third-order valence-corrected chi connectivity index (χ3v) is 3.43. The lowest BCUT2D eigenvalue weighted by molar-refractivity contribution is 0.617. The van der Waals surface area contributed by atoms with Crippen molar-refractivity contribution >= 4 is 0 Å². The van der Waals surface area contributed by atoms with E-state index >= 15 is 0 Å². The van der Waals surface area contributed by atoms with Gasteiger partial charge in [0.15, 0.2) is 0 Å². The standard InChI is InChI=1S/C16H22FN3/c1-4-7-18-9-15-11-20(19-13(15)3)10-14-8-16(17)6-5-12(14)2/h5-6,8,11,18H,4,7,9-10H2,1-3H3. The zero-order valence-electron chi connectivity index (χ0n) is 12.4. The van der Waals surface area contributed by atoms with Crippen LogP contribution < -0.4 is 5.32 Å². The van der Waals surface area contributed by atoms with Crippen LogP contribution in [0.5, 0.6) is 0 Å². The van der Waals surface area contributed by atoms with Crippen LogP contribution in [0.4, 0.5) is 4.39 Å². The third kappa shape index (κ3) is 3.67. The van der Waals surface area contributed by atoms with Gasteiger partial charge in [0.05, 0.1) is 12.2 Å². The summed E-state index contributed by atoms with van der Waals surface area (Å²) in [6.45, 7) is 8.61. The zero-order valence-corrected chi connectivity index (χ0v) is 12.4. The lowest BCUT2D eigenvalue weighted by atomic mass is 10.1. The van der Waals surface area contributed by atoms with Crippen molar-refractivity contribution in [2.24, 2.45) is 0 Å². The van der Waals surface area contributed by atoms with Crippen molar-refractivity contribution in [2.75, 3.05) is 6.54 Å². The number of hydrogen-bond donors (Lipinski definition) is 1. The molecule has 1 N–H and O–H groups in total. The molecule has 0 saturated carbocycles. The van der Waals surface area contributed by atoms with E-state index in [4.69, 9.17) is 0 Å². The second kappa shape index (κ2) is 6.66. The molecule has 0 aliphatic rings. The minimum Gasteiger partial charge on any atom is -0.313 e. The first-order valence-corrected chi connectivity index (χ1v) is 7.09. The SMILES string of the molecule is CCCNCc1cn(Cc2cc(F)ccc2C)nc1C. The number of rotatable bonds is 6. The Kier molecular flexibility index (Phi) is 4.90. The number of nitrogens with zero attached hydrogens (tertiary/aromatic N) is 2. The average Bonchev–Trinajstić information content (AvgIpc) is 2.75. The fourth-order valence-electron chi connectivity index (χ4n) is 2.20. The number of hydrogen-bond acceptors (Lipinski definition) is 2. The Labute approximate surface area is 119 Å². The van der Waals surface area contributed by atoms with Crippen LogP contribution >= 0.6 is 0 Å². The highest BCUT2D eigenvalue weighted by molar-refractivity contribution is 5.27. The topological polar surface area (TPSA) is 29.9 Å². The largest absolute Gasteiger partial charge is 0.313 e. The van der Waals surface area contributed by atoms with E-state index in [0.29, 0.717) is 6.54 Å². The average molecular weight is 275 g/mol. The Morgan fingerprint density at radius 1 is 1.25 bits per heavy atom. The van der Waals surface area contributed by atoms with Gasteiger partial charge in [0, 0.05) is 18.3 Å². The van der Waals surface area contributed by atoms with Gasteiger partial charge in [-0.05, 0) is 50.1 Å². The molecule has 2 rings (SSSR count). The molecule has 0 unspecified atom stereocenters. The molecule has 0 fully saturated rings. The Morgan fingerprint density at radius 3 is 2.80 bits per heavy atom. The van der Waals surface area contributed by atoms with Crippen molar-refractivity contribution in [1.29, 1.82) is 0 Å². The summed E-state index contributed by atoms with van der Waals surface area (Å²) in [7, 11) is 0. The maximum absolute atomic E-state index is 13.3. The van der Waals surface area contributed by atoms with E-state index in [0.717, 1.165) is 36.3 Å². The molecule has 0 bridgehead atoms.